The zero-order valence-corrected chi connectivity index (χ0v) is 11.4. The van der Waals surface area contributed by atoms with Crippen LogP contribution in [-0.4, -0.2) is 17.1 Å². The van der Waals surface area contributed by atoms with Crippen molar-refractivity contribution in [3.05, 3.63) is 57.3 Å². The number of nitrogens with zero attached hydrogens (tertiary/aromatic N) is 1. The Morgan fingerprint density at radius 1 is 1.40 bits per heavy atom. The normalized spacial score (nSPS) is 20.2. The maximum atomic E-state index is 12.2. The van der Waals surface area contributed by atoms with Crippen LogP contribution in [0.1, 0.15) is 32.4 Å². The predicted molar refractivity (Wildman–Crippen MR) is 75.4 cm³/mol. The van der Waals surface area contributed by atoms with Crippen LogP contribution in [0, 0.1) is 11.3 Å². The molecule has 1 amide bonds. The third-order valence-electron chi connectivity index (χ3n) is 3.48. The highest BCUT2D eigenvalue weighted by Crippen LogP contribution is 2.31. The Balaban J connectivity index is 1.85. The average Bonchev–Trinajstić information content (AvgIpc) is 3.04. The molecule has 0 aliphatic heterocycles. The van der Waals surface area contributed by atoms with Gasteiger partial charge in [-0.1, -0.05) is 24.3 Å². The number of aliphatic hydroxyl groups excluding tert-OH is 1. The van der Waals surface area contributed by atoms with E-state index >= 15 is 0 Å². The quantitative estimate of drug-likeness (QED) is 0.886. The van der Waals surface area contributed by atoms with Gasteiger partial charge in [0.1, 0.15) is 10.9 Å². The molecule has 2 N–H and O–H groups in total. The van der Waals surface area contributed by atoms with Gasteiger partial charge in [-0.05, 0) is 22.6 Å². The summed E-state index contributed by atoms with van der Waals surface area (Å²) in [5.74, 6) is -0.308. The summed E-state index contributed by atoms with van der Waals surface area (Å²) >= 11 is 1.23. The van der Waals surface area contributed by atoms with Crippen molar-refractivity contribution >= 4 is 17.2 Å². The van der Waals surface area contributed by atoms with E-state index in [4.69, 9.17) is 5.26 Å². The molecule has 1 heterocycles. The Bertz CT molecular complexity index is 702. The molecule has 0 radical (unpaired) electrons. The van der Waals surface area contributed by atoms with Gasteiger partial charge >= 0.3 is 0 Å². The van der Waals surface area contributed by atoms with Crippen LogP contribution in [0.15, 0.2) is 35.7 Å². The molecule has 0 bridgehead atoms. The highest BCUT2D eigenvalue weighted by Gasteiger charge is 2.32. The van der Waals surface area contributed by atoms with Gasteiger partial charge in [0.05, 0.1) is 17.7 Å². The van der Waals surface area contributed by atoms with E-state index in [0.29, 0.717) is 16.9 Å². The van der Waals surface area contributed by atoms with Crippen LogP contribution >= 0.6 is 11.3 Å². The second kappa shape index (κ2) is 5.08. The van der Waals surface area contributed by atoms with Crippen molar-refractivity contribution in [2.24, 2.45) is 0 Å². The number of amides is 1. The van der Waals surface area contributed by atoms with E-state index in [1.165, 1.54) is 11.3 Å². The minimum absolute atomic E-state index is 0.308. The molecule has 0 saturated heterocycles. The van der Waals surface area contributed by atoms with E-state index in [0.717, 1.165) is 11.1 Å². The molecule has 1 aromatic carbocycles. The maximum absolute atomic E-state index is 12.2. The minimum atomic E-state index is -0.623. The summed E-state index contributed by atoms with van der Waals surface area (Å²) in [6.45, 7) is 0. The van der Waals surface area contributed by atoms with E-state index in [1.807, 2.05) is 30.3 Å². The SMILES string of the molecule is N#Cc1ccsc1C(=O)N[C@@H]1c2ccccc2C[C@@H]1O. The van der Waals surface area contributed by atoms with Gasteiger partial charge in [-0.15, -0.1) is 11.3 Å². The second-order valence-electron chi connectivity index (χ2n) is 4.70. The first-order valence-electron chi connectivity index (χ1n) is 6.25. The smallest absolute Gasteiger partial charge is 0.263 e. The first-order valence-corrected chi connectivity index (χ1v) is 7.13. The molecule has 1 aliphatic carbocycles. The van der Waals surface area contributed by atoms with Crippen molar-refractivity contribution in [1.82, 2.24) is 5.32 Å². The topological polar surface area (TPSA) is 73.1 Å². The van der Waals surface area contributed by atoms with Crippen LogP contribution in [0.2, 0.25) is 0 Å². The van der Waals surface area contributed by atoms with Crippen LogP contribution < -0.4 is 5.32 Å². The highest BCUT2D eigenvalue weighted by molar-refractivity contribution is 7.12. The fourth-order valence-corrected chi connectivity index (χ4v) is 3.27. The summed E-state index contributed by atoms with van der Waals surface area (Å²) in [6, 6.07) is 10.9. The van der Waals surface area contributed by atoms with Gasteiger partial charge in [0.2, 0.25) is 0 Å². The first-order chi connectivity index (χ1) is 9.70. The number of nitriles is 1. The summed E-state index contributed by atoms with van der Waals surface area (Å²) in [7, 11) is 0. The third kappa shape index (κ3) is 2.09. The van der Waals surface area contributed by atoms with Crippen molar-refractivity contribution < 1.29 is 9.90 Å². The molecule has 5 heteroatoms. The zero-order chi connectivity index (χ0) is 14.1. The number of nitrogens with one attached hydrogen (secondary N) is 1. The molecule has 4 nitrogen and oxygen atoms in total. The zero-order valence-electron chi connectivity index (χ0n) is 10.5. The number of hydrogen-bond acceptors (Lipinski definition) is 4. The average molecular weight is 284 g/mol. The van der Waals surface area contributed by atoms with E-state index in [9.17, 15) is 9.90 Å². The summed E-state index contributed by atoms with van der Waals surface area (Å²) < 4.78 is 0. The molecule has 2 atom stereocenters. The molecule has 0 spiro atoms. The van der Waals surface area contributed by atoms with Gasteiger partial charge in [-0.25, -0.2) is 0 Å². The molecule has 1 aliphatic rings. The lowest BCUT2D eigenvalue weighted by molar-refractivity contribution is 0.0862. The standard InChI is InChI=1S/C15H12N2O2S/c16-8-10-5-6-20-14(10)15(19)17-13-11-4-2-1-3-9(11)7-12(13)18/h1-6,12-13,18H,7H2,(H,17,19)/t12-,13+/m0/s1. The fourth-order valence-electron chi connectivity index (χ4n) is 2.53. The number of carbonyl (C=O) groups excluding carboxylic acids is 1. The molecular weight excluding hydrogens is 272 g/mol. The second-order valence-corrected chi connectivity index (χ2v) is 5.61. The molecule has 20 heavy (non-hydrogen) atoms. The molecule has 0 saturated carbocycles. The van der Waals surface area contributed by atoms with E-state index in [1.54, 1.807) is 11.4 Å². The van der Waals surface area contributed by atoms with Crippen LogP contribution in [0.25, 0.3) is 0 Å². The molecule has 100 valence electrons. The Labute approximate surface area is 120 Å². The monoisotopic (exact) mass is 284 g/mol. The van der Waals surface area contributed by atoms with Crippen molar-refractivity contribution in [1.29, 1.82) is 5.26 Å². The van der Waals surface area contributed by atoms with Gasteiger partial charge in [0.15, 0.2) is 0 Å². The largest absolute Gasteiger partial charge is 0.390 e. The van der Waals surface area contributed by atoms with Crippen molar-refractivity contribution in [3.63, 3.8) is 0 Å². The molecule has 0 unspecified atom stereocenters. The number of thiophene rings is 1. The van der Waals surface area contributed by atoms with Crippen molar-refractivity contribution in [2.45, 2.75) is 18.6 Å². The lowest BCUT2D eigenvalue weighted by Gasteiger charge is -2.17. The third-order valence-corrected chi connectivity index (χ3v) is 4.40. The molecular formula is C15H12N2O2S. The Morgan fingerprint density at radius 2 is 2.20 bits per heavy atom. The summed E-state index contributed by atoms with van der Waals surface area (Å²) in [4.78, 5) is 12.6. The van der Waals surface area contributed by atoms with Crippen LogP contribution in [0.3, 0.4) is 0 Å². The maximum Gasteiger partial charge on any atom is 0.263 e. The van der Waals surface area contributed by atoms with E-state index < -0.39 is 12.1 Å². The number of fused-ring (bicyclic) bond motifs is 1. The highest BCUT2D eigenvalue weighted by atomic mass is 32.1. The Kier molecular flexibility index (Phi) is 3.26. The van der Waals surface area contributed by atoms with E-state index in [-0.39, 0.29) is 5.91 Å². The number of hydrogen-bond donors (Lipinski definition) is 2. The lowest BCUT2D eigenvalue weighted by Crippen LogP contribution is -2.33. The Hall–Kier alpha value is -2.16. The number of aliphatic hydroxyl groups is 1. The van der Waals surface area contributed by atoms with Crippen LogP contribution in [-0.2, 0) is 6.42 Å². The number of rotatable bonds is 2. The number of carbonyl (C=O) groups is 1. The minimum Gasteiger partial charge on any atom is -0.390 e. The first kappa shape index (κ1) is 12.9. The summed E-state index contributed by atoms with van der Waals surface area (Å²) in [5, 5.41) is 23.6. The van der Waals surface area contributed by atoms with Gasteiger partial charge in [0, 0.05) is 6.42 Å². The molecule has 1 aromatic heterocycles. The fraction of sp³-hybridized carbons (Fsp3) is 0.200. The van der Waals surface area contributed by atoms with E-state index in [2.05, 4.69) is 5.32 Å². The van der Waals surface area contributed by atoms with Crippen molar-refractivity contribution in [2.75, 3.05) is 0 Å². The Morgan fingerprint density at radius 3 is 3.00 bits per heavy atom. The van der Waals surface area contributed by atoms with Crippen LogP contribution in [0.4, 0.5) is 0 Å². The van der Waals surface area contributed by atoms with Gasteiger partial charge < -0.3 is 10.4 Å². The summed E-state index contributed by atoms with van der Waals surface area (Å²) in [6.07, 6.45) is -0.0849. The van der Waals surface area contributed by atoms with Gasteiger partial charge in [-0.2, -0.15) is 5.26 Å². The van der Waals surface area contributed by atoms with Crippen molar-refractivity contribution in [3.8, 4) is 6.07 Å². The summed E-state index contributed by atoms with van der Waals surface area (Å²) in [5.41, 5.74) is 2.37. The lowest BCUT2D eigenvalue weighted by atomic mass is 10.1. The van der Waals surface area contributed by atoms with Crippen LogP contribution in [0.5, 0.6) is 0 Å². The van der Waals surface area contributed by atoms with Gasteiger partial charge in [0.25, 0.3) is 5.91 Å². The molecule has 3 rings (SSSR count). The van der Waals surface area contributed by atoms with Gasteiger partial charge in [-0.3, -0.25) is 4.79 Å². The number of benzene rings is 1. The predicted octanol–water partition coefficient (Wildman–Crippen LogP) is 2.01. The molecule has 0 fully saturated rings. The molecule has 2 aromatic rings.